The van der Waals surface area contributed by atoms with Crippen molar-refractivity contribution in [3.63, 3.8) is 0 Å². The van der Waals surface area contributed by atoms with Crippen LogP contribution in [0.3, 0.4) is 0 Å². The van der Waals surface area contributed by atoms with E-state index in [9.17, 15) is 22.0 Å². The average Bonchev–Trinajstić information content (AvgIpc) is 2.86. The maximum atomic E-state index is 13.3. The number of halogens is 5. The lowest BCUT2D eigenvalue weighted by molar-refractivity contribution is -0.127. The Morgan fingerprint density at radius 1 is 1.00 bits per heavy atom. The van der Waals surface area contributed by atoms with Gasteiger partial charge in [0.2, 0.25) is 5.92 Å². The van der Waals surface area contributed by atoms with Crippen LogP contribution >= 0.6 is 0 Å². The number of fused-ring (bicyclic) bond motifs is 1. The van der Waals surface area contributed by atoms with E-state index in [4.69, 9.17) is 0 Å². The van der Waals surface area contributed by atoms with Gasteiger partial charge in [0.1, 0.15) is 0 Å². The lowest BCUT2D eigenvalue weighted by Crippen LogP contribution is -2.40. The molecule has 2 aliphatic rings. The smallest absolute Gasteiger partial charge is 0.371 e. The van der Waals surface area contributed by atoms with Gasteiger partial charge in [0.15, 0.2) is 0 Å². The molecule has 2 aromatic carbocycles. The molecule has 160 valence electrons. The van der Waals surface area contributed by atoms with E-state index in [1.54, 1.807) is 12.1 Å². The SMILES string of the molecule is C=C(C1CC(F)(F)C1)N1CCCc2ccc(-c3ccc(CC(F)(F)F)cc3)cc2C1. The van der Waals surface area contributed by atoms with Crippen LogP contribution in [0, 0.1) is 5.92 Å². The molecule has 0 aromatic heterocycles. The zero-order valence-electron chi connectivity index (χ0n) is 16.6. The van der Waals surface area contributed by atoms with Crippen molar-refractivity contribution in [2.45, 2.75) is 50.7 Å². The van der Waals surface area contributed by atoms with Gasteiger partial charge in [-0.15, -0.1) is 0 Å². The molecule has 1 nitrogen and oxygen atoms in total. The van der Waals surface area contributed by atoms with Crippen molar-refractivity contribution in [3.8, 4) is 11.1 Å². The number of nitrogens with zero attached hydrogens (tertiary/aromatic N) is 1. The minimum Gasteiger partial charge on any atom is -0.371 e. The van der Waals surface area contributed by atoms with Crippen LogP contribution < -0.4 is 0 Å². The summed E-state index contributed by atoms with van der Waals surface area (Å²) in [5, 5.41) is 0. The lowest BCUT2D eigenvalue weighted by atomic mass is 9.79. The van der Waals surface area contributed by atoms with Crippen LogP contribution in [-0.4, -0.2) is 23.5 Å². The molecule has 1 aliphatic carbocycles. The molecule has 0 unspecified atom stereocenters. The van der Waals surface area contributed by atoms with Crippen molar-refractivity contribution in [2.24, 2.45) is 5.92 Å². The third kappa shape index (κ3) is 4.68. The van der Waals surface area contributed by atoms with Crippen LogP contribution in [0.25, 0.3) is 11.1 Å². The van der Waals surface area contributed by atoms with Gasteiger partial charge in [0, 0.05) is 37.5 Å². The molecule has 1 aliphatic heterocycles. The molecule has 2 aromatic rings. The van der Waals surface area contributed by atoms with Gasteiger partial charge in [-0.3, -0.25) is 0 Å². The van der Waals surface area contributed by atoms with E-state index in [2.05, 4.69) is 23.6 Å². The van der Waals surface area contributed by atoms with Crippen LogP contribution in [0.2, 0.25) is 0 Å². The fourth-order valence-corrected chi connectivity index (χ4v) is 4.39. The third-order valence-electron chi connectivity index (χ3n) is 6.10. The van der Waals surface area contributed by atoms with Crippen LogP contribution in [0.1, 0.15) is 36.0 Å². The van der Waals surface area contributed by atoms with E-state index in [0.717, 1.165) is 41.8 Å². The molecule has 6 heteroatoms. The highest BCUT2D eigenvalue weighted by atomic mass is 19.4. The van der Waals surface area contributed by atoms with Gasteiger partial charge in [-0.1, -0.05) is 43.0 Å². The second-order valence-corrected chi connectivity index (χ2v) is 8.45. The van der Waals surface area contributed by atoms with E-state index in [1.807, 2.05) is 6.07 Å². The number of allylic oxidation sites excluding steroid dienone is 1. The van der Waals surface area contributed by atoms with E-state index < -0.39 is 18.5 Å². The molecule has 0 spiro atoms. The summed E-state index contributed by atoms with van der Waals surface area (Å²) >= 11 is 0. The number of aryl methyl sites for hydroxylation is 1. The molecule has 0 atom stereocenters. The van der Waals surface area contributed by atoms with E-state index >= 15 is 0 Å². The van der Waals surface area contributed by atoms with Crippen molar-refractivity contribution in [1.29, 1.82) is 0 Å². The van der Waals surface area contributed by atoms with E-state index in [0.29, 0.717) is 6.54 Å². The van der Waals surface area contributed by atoms with Gasteiger partial charge in [0.25, 0.3) is 0 Å². The summed E-state index contributed by atoms with van der Waals surface area (Å²) in [5.74, 6) is -2.73. The highest BCUT2D eigenvalue weighted by Crippen LogP contribution is 2.46. The number of hydrogen-bond donors (Lipinski definition) is 0. The quantitative estimate of drug-likeness (QED) is 0.493. The molecule has 4 rings (SSSR count). The Morgan fingerprint density at radius 3 is 2.30 bits per heavy atom. The molecule has 0 bridgehead atoms. The topological polar surface area (TPSA) is 3.24 Å². The van der Waals surface area contributed by atoms with Crippen molar-refractivity contribution in [2.75, 3.05) is 6.54 Å². The number of alkyl halides is 5. The summed E-state index contributed by atoms with van der Waals surface area (Å²) in [6, 6.07) is 12.6. The van der Waals surface area contributed by atoms with Gasteiger partial charge in [-0.2, -0.15) is 13.2 Å². The molecule has 0 amide bonds. The van der Waals surface area contributed by atoms with Gasteiger partial charge in [0.05, 0.1) is 6.42 Å². The van der Waals surface area contributed by atoms with Crippen LogP contribution in [0.5, 0.6) is 0 Å². The molecule has 0 saturated heterocycles. The Morgan fingerprint density at radius 2 is 1.67 bits per heavy atom. The van der Waals surface area contributed by atoms with Crippen molar-refractivity contribution in [3.05, 3.63) is 71.4 Å². The first-order valence-electron chi connectivity index (χ1n) is 10.2. The van der Waals surface area contributed by atoms with E-state index in [-0.39, 0.29) is 24.3 Å². The summed E-state index contributed by atoms with van der Waals surface area (Å²) in [7, 11) is 0. The Hall–Kier alpha value is -2.37. The molecule has 1 saturated carbocycles. The molecular formula is C24H24F5N. The summed E-state index contributed by atoms with van der Waals surface area (Å²) in [6.45, 7) is 5.51. The van der Waals surface area contributed by atoms with Gasteiger partial charge in [-0.25, -0.2) is 8.78 Å². The summed E-state index contributed by atoms with van der Waals surface area (Å²) in [5.41, 5.74) is 5.17. The van der Waals surface area contributed by atoms with Crippen molar-refractivity contribution in [1.82, 2.24) is 4.90 Å². The monoisotopic (exact) mass is 421 g/mol. The zero-order valence-corrected chi connectivity index (χ0v) is 16.6. The first-order valence-corrected chi connectivity index (χ1v) is 10.2. The second kappa shape index (κ2) is 7.71. The normalized spacial score (nSPS) is 19.0. The Kier molecular flexibility index (Phi) is 5.37. The predicted molar refractivity (Wildman–Crippen MR) is 107 cm³/mol. The third-order valence-corrected chi connectivity index (χ3v) is 6.10. The van der Waals surface area contributed by atoms with Gasteiger partial charge in [-0.05, 0) is 46.7 Å². The maximum absolute atomic E-state index is 13.3. The number of rotatable bonds is 4. The highest BCUT2D eigenvalue weighted by Gasteiger charge is 2.47. The van der Waals surface area contributed by atoms with Crippen molar-refractivity contribution >= 4 is 0 Å². The zero-order chi connectivity index (χ0) is 21.5. The van der Waals surface area contributed by atoms with E-state index in [1.165, 1.54) is 17.7 Å². The number of hydrogen-bond acceptors (Lipinski definition) is 1. The standard InChI is InChI=1S/C24H24F5N/c1-16(22-13-23(25,26)14-22)30-10-2-3-18-8-9-20(11-21(18)15-30)19-6-4-17(5-7-19)12-24(27,28)29/h4-9,11,22H,1-3,10,12-15H2. The largest absolute Gasteiger partial charge is 0.393 e. The minimum absolute atomic E-state index is 0.125. The molecule has 0 radical (unpaired) electrons. The number of benzene rings is 2. The Labute approximate surface area is 173 Å². The minimum atomic E-state index is -4.22. The van der Waals surface area contributed by atoms with Gasteiger partial charge < -0.3 is 4.90 Å². The van der Waals surface area contributed by atoms with Crippen LogP contribution in [0.4, 0.5) is 22.0 Å². The fraction of sp³-hybridized carbons (Fsp3) is 0.417. The Bertz CT molecular complexity index is 922. The predicted octanol–water partition coefficient (Wildman–Crippen LogP) is 6.77. The van der Waals surface area contributed by atoms with Crippen LogP contribution in [-0.2, 0) is 19.4 Å². The second-order valence-electron chi connectivity index (χ2n) is 8.45. The van der Waals surface area contributed by atoms with Crippen LogP contribution in [0.15, 0.2) is 54.7 Å². The first kappa shape index (κ1) is 20.9. The average molecular weight is 421 g/mol. The van der Waals surface area contributed by atoms with Gasteiger partial charge >= 0.3 is 6.18 Å². The summed E-state index contributed by atoms with van der Waals surface area (Å²) < 4.78 is 64.3. The Balaban J connectivity index is 1.51. The summed E-state index contributed by atoms with van der Waals surface area (Å²) in [6.07, 6.45) is -3.57. The van der Waals surface area contributed by atoms with Crippen molar-refractivity contribution < 1.29 is 22.0 Å². The fourth-order valence-electron chi connectivity index (χ4n) is 4.39. The highest BCUT2D eigenvalue weighted by molar-refractivity contribution is 5.65. The molecule has 30 heavy (non-hydrogen) atoms. The molecule has 1 heterocycles. The molecule has 1 fully saturated rings. The summed E-state index contributed by atoms with van der Waals surface area (Å²) in [4.78, 5) is 2.11. The first-order chi connectivity index (χ1) is 14.1. The molecular weight excluding hydrogens is 397 g/mol. The molecule has 0 N–H and O–H groups in total. The lowest BCUT2D eigenvalue weighted by Gasteiger charge is -2.40. The maximum Gasteiger partial charge on any atom is 0.393 e.